The lowest BCUT2D eigenvalue weighted by molar-refractivity contribution is -0.146. The van der Waals surface area contributed by atoms with E-state index in [1.807, 2.05) is 19.1 Å². The molecule has 126 valence electrons. The number of rotatable bonds is 5. The molecule has 1 aromatic rings. The van der Waals surface area contributed by atoms with Gasteiger partial charge in [0, 0.05) is 19.5 Å². The van der Waals surface area contributed by atoms with E-state index in [1.54, 1.807) is 11.0 Å². The summed E-state index contributed by atoms with van der Waals surface area (Å²) in [7, 11) is 0. The number of hydrogen-bond acceptors (Lipinski definition) is 2. The second-order valence-corrected chi connectivity index (χ2v) is 7.09. The Kier molecular flexibility index (Phi) is 6.31. The Hall–Kier alpha value is -1.26. The van der Waals surface area contributed by atoms with E-state index in [9.17, 15) is 9.59 Å². The molecule has 0 radical (unpaired) electrons. The molecule has 4 nitrogen and oxygen atoms in total. The number of carbonyl (C=O) groups is 2. The van der Waals surface area contributed by atoms with Crippen molar-refractivity contribution in [3.05, 3.63) is 33.8 Å². The largest absolute Gasteiger partial charge is 0.481 e. The van der Waals surface area contributed by atoms with Crippen LogP contribution in [-0.2, 0) is 16.0 Å². The Bertz CT molecular complexity index is 591. The van der Waals surface area contributed by atoms with Crippen molar-refractivity contribution in [1.29, 1.82) is 0 Å². The summed E-state index contributed by atoms with van der Waals surface area (Å²) in [6, 6.07) is 5.48. The highest BCUT2D eigenvalue weighted by Gasteiger charge is 2.31. The van der Waals surface area contributed by atoms with Gasteiger partial charge in [0.15, 0.2) is 0 Å². The summed E-state index contributed by atoms with van der Waals surface area (Å²) in [4.78, 5) is 25.2. The summed E-state index contributed by atoms with van der Waals surface area (Å²) < 4.78 is 0. The average Bonchev–Trinajstić information content (AvgIpc) is 2.50. The Morgan fingerprint density at radius 2 is 2.00 bits per heavy atom. The highest BCUT2D eigenvalue weighted by Crippen LogP contribution is 2.24. The minimum Gasteiger partial charge on any atom is -0.481 e. The zero-order valence-electron chi connectivity index (χ0n) is 13.1. The van der Waals surface area contributed by atoms with Crippen molar-refractivity contribution in [1.82, 2.24) is 4.90 Å². The van der Waals surface area contributed by atoms with Gasteiger partial charge in [0.2, 0.25) is 5.91 Å². The number of aryl methyl sites for hydroxylation is 1. The van der Waals surface area contributed by atoms with Crippen LogP contribution in [0.1, 0.15) is 31.7 Å². The zero-order valence-corrected chi connectivity index (χ0v) is 14.6. The number of halogens is 2. The van der Waals surface area contributed by atoms with Crippen molar-refractivity contribution in [3.8, 4) is 0 Å². The molecule has 1 N–H and O–H groups in total. The maximum atomic E-state index is 12.3. The fourth-order valence-electron chi connectivity index (χ4n) is 3.03. The van der Waals surface area contributed by atoms with Gasteiger partial charge in [0.25, 0.3) is 0 Å². The lowest BCUT2D eigenvalue weighted by atomic mass is 9.90. The number of carboxylic acid groups (broad SMARTS) is 1. The fraction of sp³-hybridized carbons (Fsp3) is 0.529. The predicted octanol–water partition coefficient (Wildman–Crippen LogP) is 3.89. The lowest BCUT2D eigenvalue weighted by Gasteiger charge is -2.34. The molecular formula is C17H21Cl2NO3. The van der Waals surface area contributed by atoms with Crippen LogP contribution in [-0.4, -0.2) is 35.0 Å². The third-order valence-corrected chi connectivity index (χ3v) is 4.94. The minimum atomic E-state index is -0.815. The molecule has 1 aromatic carbocycles. The Morgan fingerprint density at radius 1 is 1.26 bits per heavy atom. The molecule has 1 aliphatic heterocycles. The molecule has 0 spiro atoms. The molecule has 0 saturated carbocycles. The SMILES string of the molecule is CC1CC(C(=O)O)CN(C(=O)CCCc2ccc(Cl)c(Cl)c2)C1. The van der Waals surface area contributed by atoms with Gasteiger partial charge >= 0.3 is 5.97 Å². The van der Waals surface area contributed by atoms with Crippen LogP contribution in [0.4, 0.5) is 0 Å². The number of amides is 1. The number of benzene rings is 1. The van der Waals surface area contributed by atoms with E-state index in [-0.39, 0.29) is 11.8 Å². The summed E-state index contributed by atoms with van der Waals surface area (Å²) in [5.41, 5.74) is 1.04. The number of nitrogens with zero attached hydrogens (tertiary/aromatic N) is 1. The lowest BCUT2D eigenvalue weighted by Crippen LogP contribution is -2.45. The first-order valence-electron chi connectivity index (χ1n) is 7.81. The van der Waals surface area contributed by atoms with Gasteiger partial charge < -0.3 is 10.0 Å². The third kappa shape index (κ3) is 5.11. The number of likely N-dealkylation sites (tertiary alicyclic amines) is 1. The molecule has 2 rings (SSSR count). The maximum absolute atomic E-state index is 12.3. The Balaban J connectivity index is 1.84. The van der Waals surface area contributed by atoms with E-state index in [2.05, 4.69) is 0 Å². The van der Waals surface area contributed by atoms with Crippen molar-refractivity contribution in [3.63, 3.8) is 0 Å². The fourth-order valence-corrected chi connectivity index (χ4v) is 3.35. The molecule has 6 heteroatoms. The van der Waals surface area contributed by atoms with Gasteiger partial charge in [-0.3, -0.25) is 9.59 Å². The molecule has 0 bridgehead atoms. The van der Waals surface area contributed by atoms with E-state index < -0.39 is 11.9 Å². The molecule has 1 heterocycles. The van der Waals surface area contributed by atoms with E-state index in [4.69, 9.17) is 28.3 Å². The van der Waals surface area contributed by atoms with Crippen molar-refractivity contribution in [2.45, 2.75) is 32.6 Å². The number of hydrogen-bond donors (Lipinski definition) is 1. The first-order valence-corrected chi connectivity index (χ1v) is 8.57. The van der Waals surface area contributed by atoms with Crippen LogP contribution >= 0.6 is 23.2 Å². The van der Waals surface area contributed by atoms with Gasteiger partial charge in [-0.05, 0) is 42.9 Å². The minimum absolute atomic E-state index is 0.0304. The Labute approximate surface area is 146 Å². The summed E-state index contributed by atoms with van der Waals surface area (Å²) in [6.45, 7) is 2.96. The first kappa shape index (κ1) is 18.1. The van der Waals surface area contributed by atoms with E-state index in [0.29, 0.717) is 42.4 Å². The molecule has 0 aromatic heterocycles. The van der Waals surface area contributed by atoms with Crippen LogP contribution in [0.15, 0.2) is 18.2 Å². The monoisotopic (exact) mass is 357 g/mol. The molecule has 2 atom stereocenters. The quantitative estimate of drug-likeness (QED) is 0.869. The standard InChI is InChI=1S/C17H21Cl2NO3/c1-11-7-13(17(22)23)10-20(9-11)16(21)4-2-3-12-5-6-14(18)15(19)8-12/h5-6,8,11,13H,2-4,7,9-10H2,1H3,(H,22,23). The maximum Gasteiger partial charge on any atom is 0.308 e. The summed E-state index contributed by atoms with van der Waals surface area (Å²) in [5.74, 6) is -1.00. The third-order valence-electron chi connectivity index (χ3n) is 4.20. The van der Waals surface area contributed by atoms with Crippen LogP contribution < -0.4 is 0 Å². The van der Waals surface area contributed by atoms with Crippen molar-refractivity contribution < 1.29 is 14.7 Å². The number of piperidine rings is 1. The normalized spacial score (nSPS) is 21.3. The van der Waals surface area contributed by atoms with Crippen molar-refractivity contribution in [2.75, 3.05) is 13.1 Å². The molecule has 0 aliphatic carbocycles. The second-order valence-electron chi connectivity index (χ2n) is 6.28. The van der Waals surface area contributed by atoms with Crippen molar-refractivity contribution in [2.24, 2.45) is 11.8 Å². The molecule has 1 saturated heterocycles. The van der Waals surface area contributed by atoms with Gasteiger partial charge in [-0.25, -0.2) is 0 Å². The second kappa shape index (κ2) is 8.02. The van der Waals surface area contributed by atoms with Gasteiger partial charge in [0.1, 0.15) is 0 Å². The molecule has 1 amide bonds. The molecule has 1 fully saturated rings. The summed E-state index contributed by atoms with van der Waals surface area (Å²) in [5, 5.41) is 10.2. The number of carboxylic acids is 1. The van der Waals surface area contributed by atoms with E-state index >= 15 is 0 Å². The number of carbonyl (C=O) groups excluding carboxylic acids is 1. The molecule has 1 aliphatic rings. The van der Waals surface area contributed by atoms with Crippen LogP contribution in [0.5, 0.6) is 0 Å². The molecule has 2 unspecified atom stereocenters. The van der Waals surface area contributed by atoms with Crippen LogP contribution in [0.2, 0.25) is 10.0 Å². The topological polar surface area (TPSA) is 57.6 Å². The Morgan fingerprint density at radius 3 is 2.65 bits per heavy atom. The van der Waals surface area contributed by atoms with Crippen LogP contribution in [0.25, 0.3) is 0 Å². The number of aliphatic carboxylic acids is 1. The van der Waals surface area contributed by atoms with Gasteiger partial charge in [-0.2, -0.15) is 0 Å². The highest BCUT2D eigenvalue weighted by molar-refractivity contribution is 6.42. The van der Waals surface area contributed by atoms with Crippen LogP contribution in [0, 0.1) is 11.8 Å². The van der Waals surface area contributed by atoms with Gasteiger partial charge in [0.05, 0.1) is 16.0 Å². The highest BCUT2D eigenvalue weighted by atomic mass is 35.5. The van der Waals surface area contributed by atoms with E-state index in [0.717, 1.165) is 12.0 Å². The zero-order chi connectivity index (χ0) is 17.0. The van der Waals surface area contributed by atoms with Crippen molar-refractivity contribution >= 4 is 35.1 Å². The van der Waals surface area contributed by atoms with Gasteiger partial charge in [-0.1, -0.05) is 36.2 Å². The summed E-state index contributed by atoms with van der Waals surface area (Å²) in [6.07, 6.45) is 2.51. The van der Waals surface area contributed by atoms with Gasteiger partial charge in [-0.15, -0.1) is 0 Å². The summed E-state index contributed by atoms with van der Waals surface area (Å²) >= 11 is 11.9. The molecule has 23 heavy (non-hydrogen) atoms. The predicted molar refractivity (Wildman–Crippen MR) is 90.9 cm³/mol. The first-order chi connectivity index (χ1) is 10.9. The smallest absolute Gasteiger partial charge is 0.308 e. The molecular weight excluding hydrogens is 337 g/mol. The van der Waals surface area contributed by atoms with E-state index in [1.165, 1.54) is 0 Å². The average molecular weight is 358 g/mol. The van der Waals surface area contributed by atoms with Crippen LogP contribution in [0.3, 0.4) is 0 Å².